The van der Waals surface area contributed by atoms with Crippen molar-refractivity contribution < 1.29 is 4.79 Å². The van der Waals surface area contributed by atoms with Crippen molar-refractivity contribution in [2.24, 2.45) is 11.8 Å². The van der Waals surface area contributed by atoms with Crippen LogP contribution in [0.5, 0.6) is 0 Å². The molecule has 1 aliphatic rings. The summed E-state index contributed by atoms with van der Waals surface area (Å²) in [6, 6.07) is 0.828. The van der Waals surface area contributed by atoms with Crippen LogP contribution in [-0.4, -0.2) is 36.0 Å². The standard InChI is InChI=1S/C12H24N2O/c1-8(2)11(5)12(15)14-6-9(3)13-10(4)7-14/h8-11,13H,6-7H2,1-5H3. The van der Waals surface area contributed by atoms with Crippen molar-refractivity contribution in [1.29, 1.82) is 0 Å². The van der Waals surface area contributed by atoms with Gasteiger partial charge in [0.05, 0.1) is 0 Å². The molecule has 1 amide bonds. The molecule has 0 saturated carbocycles. The Balaban J connectivity index is 2.59. The third-order valence-electron chi connectivity index (χ3n) is 3.26. The second-order valence-corrected chi connectivity index (χ2v) is 5.24. The number of carbonyl (C=O) groups is 1. The van der Waals surface area contributed by atoms with Crippen molar-refractivity contribution in [2.45, 2.75) is 46.7 Å². The highest BCUT2D eigenvalue weighted by molar-refractivity contribution is 5.78. The molecule has 1 fully saturated rings. The van der Waals surface area contributed by atoms with E-state index in [-0.39, 0.29) is 5.92 Å². The summed E-state index contributed by atoms with van der Waals surface area (Å²) in [6.45, 7) is 12.2. The van der Waals surface area contributed by atoms with E-state index in [9.17, 15) is 4.79 Å². The van der Waals surface area contributed by atoms with Crippen LogP contribution in [0.2, 0.25) is 0 Å². The van der Waals surface area contributed by atoms with Gasteiger partial charge < -0.3 is 10.2 Å². The third kappa shape index (κ3) is 3.20. The normalized spacial score (nSPS) is 29.3. The third-order valence-corrected chi connectivity index (χ3v) is 3.26. The molecule has 0 spiro atoms. The first-order valence-electron chi connectivity index (χ1n) is 5.96. The molecule has 3 unspecified atom stereocenters. The summed E-state index contributed by atoms with van der Waals surface area (Å²) in [5.41, 5.74) is 0. The van der Waals surface area contributed by atoms with E-state index in [2.05, 4.69) is 33.0 Å². The van der Waals surface area contributed by atoms with E-state index in [0.717, 1.165) is 13.1 Å². The smallest absolute Gasteiger partial charge is 0.225 e. The van der Waals surface area contributed by atoms with Crippen molar-refractivity contribution in [3.63, 3.8) is 0 Å². The van der Waals surface area contributed by atoms with Gasteiger partial charge in [0.1, 0.15) is 0 Å². The van der Waals surface area contributed by atoms with Crippen LogP contribution in [0.15, 0.2) is 0 Å². The molecule has 0 bridgehead atoms. The summed E-state index contributed by atoms with van der Waals surface area (Å²) in [5.74, 6) is 0.880. The van der Waals surface area contributed by atoms with Gasteiger partial charge in [-0.25, -0.2) is 0 Å². The summed E-state index contributed by atoms with van der Waals surface area (Å²) in [4.78, 5) is 14.1. The van der Waals surface area contributed by atoms with Crippen LogP contribution in [-0.2, 0) is 4.79 Å². The molecule has 3 nitrogen and oxygen atoms in total. The zero-order valence-electron chi connectivity index (χ0n) is 10.6. The molecule has 0 aromatic rings. The van der Waals surface area contributed by atoms with Gasteiger partial charge in [-0.3, -0.25) is 4.79 Å². The molecule has 0 radical (unpaired) electrons. The number of nitrogens with zero attached hydrogens (tertiary/aromatic N) is 1. The van der Waals surface area contributed by atoms with Gasteiger partial charge in [0.25, 0.3) is 0 Å². The van der Waals surface area contributed by atoms with Crippen LogP contribution in [0.1, 0.15) is 34.6 Å². The Bertz CT molecular complexity index is 218. The van der Waals surface area contributed by atoms with Gasteiger partial charge in [-0.15, -0.1) is 0 Å². The molecule has 3 heteroatoms. The Morgan fingerprint density at radius 3 is 2.07 bits per heavy atom. The molecule has 0 aromatic heterocycles. The molecular formula is C12H24N2O. The molecule has 1 aliphatic heterocycles. The molecule has 88 valence electrons. The van der Waals surface area contributed by atoms with E-state index in [1.54, 1.807) is 0 Å². The Kier molecular flexibility index (Phi) is 4.14. The number of hydrogen-bond donors (Lipinski definition) is 1. The average Bonchev–Trinajstić information content (AvgIpc) is 2.13. The summed E-state index contributed by atoms with van der Waals surface area (Å²) in [6.07, 6.45) is 0. The van der Waals surface area contributed by atoms with E-state index in [1.165, 1.54) is 0 Å². The Labute approximate surface area is 93.2 Å². The van der Waals surface area contributed by atoms with Gasteiger partial charge >= 0.3 is 0 Å². The van der Waals surface area contributed by atoms with E-state index < -0.39 is 0 Å². The maximum Gasteiger partial charge on any atom is 0.225 e. The first-order chi connectivity index (χ1) is 6.91. The van der Waals surface area contributed by atoms with Gasteiger partial charge in [-0.2, -0.15) is 0 Å². The predicted molar refractivity (Wildman–Crippen MR) is 62.6 cm³/mol. The number of piperazine rings is 1. The quantitative estimate of drug-likeness (QED) is 0.752. The van der Waals surface area contributed by atoms with Gasteiger partial charge in [-0.1, -0.05) is 20.8 Å². The van der Waals surface area contributed by atoms with Gasteiger partial charge in [0, 0.05) is 31.1 Å². The van der Waals surface area contributed by atoms with Crippen molar-refractivity contribution >= 4 is 5.91 Å². The highest BCUT2D eigenvalue weighted by atomic mass is 16.2. The monoisotopic (exact) mass is 212 g/mol. The zero-order valence-corrected chi connectivity index (χ0v) is 10.6. The van der Waals surface area contributed by atoms with E-state index in [0.29, 0.717) is 23.9 Å². The molecule has 15 heavy (non-hydrogen) atoms. The average molecular weight is 212 g/mol. The first kappa shape index (κ1) is 12.5. The lowest BCUT2D eigenvalue weighted by atomic mass is 9.95. The summed E-state index contributed by atoms with van der Waals surface area (Å²) >= 11 is 0. The fourth-order valence-corrected chi connectivity index (χ4v) is 2.08. The van der Waals surface area contributed by atoms with Crippen LogP contribution in [0, 0.1) is 11.8 Å². The summed E-state index contributed by atoms with van der Waals surface area (Å²) in [5, 5.41) is 3.44. The second-order valence-electron chi connectivity index (χ2n) is 5.24. The molecule has 1 saturated heterocycles. The topological polar surface area (TPSA) is 32.3 Å². The van der Waals surface area contributed by atoms with Gasteiger partial charge in [0.15, 0.2) is 0 Å². The first-order valence-corrected chi connectivity index (χ1v) is 5.96. The zero-order chi connectivity index (χ0) is 11.6. The van der Waals surface area contributed by atoms with Crippen molar-refractivity contribution in [3.05, 3.63) is 0 Å². The lowest BCUT2D eigenvalue weighted by molar-refractivity contribution is -0.138. The number of hydrogen-bond acceptors (Lipinski definition) is 2. The van der Waals surface area contributed by atoms with Crippen LogP contribution < -0.4 is 5.32 Å². The van der Waals surface area contributed by atoms with E-state index in [4.69, 9.17) is 0 Å². The fourth-order valence-electron chi connectivity index (χ4n) is 2.08. The van der Waals surface area contributed by atoms with E-state index in [1.807, 2.05) is 11.8 Å². The van der Waals surface area contributed by atoms with Crippen molar-refractivity contribution in [3.8, 4) is 0 Å². The van der Waals surface area contributed by atoms with Crippen molar-refractivity contribution in [2.75, 3.05) is 13.1 Å². The molecule has 0 aliphatic carbocycles. The fraction of sp³-hybridized carbons (Fsp3) is 0.917. The minimum Gasteiger partial charge on any atom is -0.339 e. The number of rotatable bonds is 2. The number of carbonyl (C=O) groups excluding carboxylic acids is 1. The largest absolute Gasteiger partial charge is 0.339 e. The lowest BCUT2D eigenvalue weighted by Gasteiger charge is -2.38. The SMILES string of the molecule is CC1CN(C(=O)C(C)C(C)C)CC(C)N1. The minimum absolute atomic E-state index is 0.141. The van der Waals surface area contributed by atoms with Crippen LogP contribution in [0.3, 0.4) is 0 Å². The summed E-state index contributed by atoms with van der Waals surface area (Å²) in [7, 11) is 0. The second kappa shape index (κ2) is 4.97. The van der Waals surface area contributed by atoms with Crippen LogP contribution >= 0.6 is 0 Å². The maximum atomic E-state index is 12.1. The van der Waals surface area contributed by atoms with Crippen LogP contribution in [0.25, 0.3) is 0 Å². The Morgan fingerprint density at radius 1 is 1.20 bits per heavy atom. The molecule has 1 rings (SSSR count). The molecule has 1 heterocycles. The molecular weight excluding hydrogens is 188 g/mol. The van der Waals surface area contributed by atoms with E-state index >= 15 is 0 Å². The molecule has 3 atom stereocenters. The number of amides is 1. The van der Waals surface area contributed by atoms with Gasteiger partial charge in [0.2, 0.25) is 5.91 Å². The summed E-state index contributed by atoms with van der Waals surface area (Å²) < 4.78 is 0. The predicted octanol–water partition coefficient (Wildman–Crippen LogP) is 1.49. The van der Waals surface area contributed by atoms with Crippen molar-refractivity contribution in [1.82, 2.24) is 10.2 Å². The Hall–Kier alpha value is -0.570. The lowest BCUT2D eigenvalue weighted by Crippen LogP contribution is -2.57. The molecule has 0 aromatic carbocycles. The van der Waals surface area contributed by atoms with Gasteiger partial charge in [-0.05, 0) is 19.8 Å². The Morgan fingerprint density at radius 2 is 1.67 bits per heavy atom. The molecule has 1 N–H and O–H groups in total. The maximum absolute atomic E-state index is 12.1. The number of nitrogens with one attached hydrogen (secondary N) is 1. The minimum atomic E-state index is 0.141. The van der Waals surface area contributed by atoms with Crippen LogP contribution in [0.4, 0.5) is 0 Å². The highest BCUT2D eigenvalue weighted by Crippen LogP contribution is 2.15. The highest BCUT2D eigenvalue weighted by Gasteiger charge is 2.28.